The lowest BCUT2D eigenvalue weighted by molar-refractivity contribution is -0.201. The van der Waals surface area contributed by atoms with Crippen LogP contribution in [0.15, 0.2) is 22.8 Å². The van der Waals surface area contributed by atoms with Crippen molar-refractivity contribution >= 4 is 35.5 Å². The predicted molar refractivity (Wildman–Crippen MR) is 161 cm³/mol. The Bertz CT molecular complexity index is 942. The third-order valence-corrected chi connectivity index (χ3v) is 9.45. The third-order valence-electron chi connectivity index (χ3n) is 7.53. The molecule has 1 aromatic rings. The molecule has 0 bridgehead atoms. The molecule has 2 aliphatic heterocycles. The molecule has 1 aromatic heterocycles. The van der Waals surface area contributed by atoms with Gasteiger partial charge in [0.05, 0.1) is 18.1 Å². The van der Waals surface area contributed by atoms with Crippen LogP contribution in [0, 0.1) is 11.8 Å². The van der Waals surface area contributed by atoms with Crippen LogP contribution >= 0.6 is 23.5 Å². The summed E-state index contributed by atoms with van der Waals surface area (Å²) in [7, 11) is 0. The molecule has 2 amide bonds. The summed E-state index contributed by atoms with van der Waals surface area (Å²) in [5.74, 6) is 2.83. The maximum absolute atomic E-state index is 13.5. The highest BCUT2D eigenvalue weighted by molar-refractivity contribution is 7.99. The number of hydrogen-bond donors (Lipinski definition) is 4. The van der Waals surface area contributed by atoms with Crippen molar-refractivity contribution in [3.8, 4) is 0 Å². The van der Waals surface area contributed by atoms with Crippen molar-refractivity contribution in [3.05, 3.63) is 24.2 Å². The molecule has 8 atom stereocenters. The number of furan rings is 1. The summed E-state index contributed by atoms with van der Waals surface area (Å²) in [6.07, 6.45) is 2.42. The van der Waals surface area contributed by atoms with E-state index in [2.05, 4.69) is 5.32 Å². The van der Waals surface area contributed by atoms with Crippen LogP contribution in [0.2, 0.25) is 0 Å². The van der Waals surface area contributed by atoms with Gasteiger partial charge in [-0.15, -0.1) is 11.8 Å². The smallest absolute Gasteiger partial charge is 0.410 e. The van der Waals surface area contributed by atoms with E-state index in [0.29, 0.717) is 31.8 Å². The molecular weight excluding hydrogens is 568 g/mol. The number of aliphatic hydroxyl groups is 3. The minimum Gasteiger partial charge on any atom is -0.468 e. The van der Waals surface area contributed by atoms with Gasteiger partial charge in [0, 0.05) is 13.1 Å². The fraction of sp³-hybridized carbons (Fsp3) is 0.793. The molecule has 12 heteroatoms. The van der Waals surface area contributed by atoms with E-state index in [1.807, 2.05) is 51.6 Å². The molecule has 2 aliphatic rings. The molecule has 0 saturated carbocycles. The fourth-order valence-corrected chi connectivity index (χ4v) is 6.88. The predicted octanol–water partition coefficient (Wildman–Crippen LogP) is 3.62. The molecule has 234 valence electrons. The van der Waals surface area contributed by atoms with Gasteiger partial charge in [0.2, 0.25) is 5.91 Å². The number of likely N-dealkylation sites (tertiary alicyclic amines) is 1. The summed E-state index contributed by atoms with van der Waals surface area (Å²) in [6, 6.07) is 3.24. The maximum atomic E-state index is 13.5. The molecule has 0 radical (unpaired) electrons. The highest BCUT2D eigenvalue weighted by atomic mass is 32.2. The van der Waals surface area contributed by atoms with E-state index in [0.717, 1.165) is 36.5 Å². The number of aliphatic hydroxyl groups excluding tert-OH is 3. The number of ether oxygens (including phenoxy) is 2. The number of rotatable bonds is 12. The van der Waals surface area contributed by atoms with Crippen LogP contribution < -0.4 is 5.32 Å². The summed E-state index contributed by atoms with van der Waals surface area (Å²) in [4.78, 5) is 28.0. The molecule has 8 unspecified atom stereocenters. The molecule has 2 fully saturated rings. The monoisotopic (exact) mass is 616 g/mol. The molecule has 0 aliphatic carbocycles. The van der Waals surface area contributed by atoms with E-state index in [4.69, 9.17) is 13.9 Å². The summed E-state index contributed by atoms with van der Waals surface area (Å²) < 4.78 is 16.8. The van der Waals surface area contributed by atoms with Crippen molar-refractivity contribution in [1.29, 1.82) is 0 Å². The van der Waals surface area contributed by atoms with Crippen molar-refractivity contribution in [2.75, 3.05) is 25.1 Å². The zero-order valence-electron chi connectivity index (χ0n) is 24.9. The summed E-state index contributed by atoms with van der Waals surface area (Å²) >= 11 is 3.10. The first-order valence-electron chi connectivity index (χ1n) is 14.5. The first kappa shape index (κ1) is 34.1. The first-order valence-corrected chi connectivity index (χ1v) is 16.9. The SMILES string of the molecule is CSC1OC(CC(C)CNC(=O)C2CC(CCCSCc3ccco3)CCN2C(=O)OC(C)(C)C)C(O)C(O)C1O. The van der Waals surface area contributed by atoms with E-state index in [1.165, 1.54) is 11.8 Å². The van der Waals surface area contributed by atoms with Crippen molar-refractivity contribution in [2.24, 2.45) is 11.8 Å². The minimum atomic E-state index is -1.29. The van der Waals surface area contributed by atoms with Crippen molar-refractivity contribution in [3.63, 3.8) is 0 Å². The number of hydrogen-bond acceptors (Lipinski definition) is 10. The average molecular weight is 617 g/mol. The van der Waals surface area contributed by atoms with Crippen LogP contribution in [0.4, 0.5) is 4.79 Å². The van der Waals surface area contributed by atoms with Crippen LogP contribution in [0.5, 0.6) is 0 Å². The maximum Gasteiger partial charge on any atom is 0.410 e. The van der Waals surface area contributed by atoms with Crippen molar-refractivity contribution < 1.29 is 38.8 Å². The Labute approximate surface area is 252 Å². The van der Waals surface area contributed by atoms with Crippen LogP contribution in [0.1, 0.15) is 65.6 Å². The number of nitrogens with zero attached hydrogens (tertiary/aromatic N) is 1. The molecule has 4 N–H and O–H groups in total. The Balaban J connectivity index is 1.53. The molecular formula is C29H48N2O8S2. The largest absolute Gasteiger partial charge is 0.468 e. The average Bonchev–Trinajstić information content (AvgIpc) is 3.44. The van der Waals surface area contributed by atoms with Gasteiger partial charge in [-0.05, 0) is 88.9 Å². The number of carbonyl (C=O) groups excluding carboxylic acids is 2. The van der Waals surface area contributed by atoms with Gasteiger partial charge in [0.25, 0.3) is 0 Å². The molecule has 0 aromatic carbocycles. The second-order valence-electron chi connectivity index (χ2n) is 12.2. The lowest BCUT2D eigenvalue weighted by Crippen LogP contribution is -2.57. The van der Waals surface area contributed by atoms with Gasteiger partial charge in [-0.2, -0.15) is 11.8 Å². The molecule has 2 saturated heterocycles. The zero-order valence-corrected chi connectivity index (χ0v) is 26.5. The Kier molecular flexibility index (Phi) is 13.2. The van der Waals surface area contributed by atoms with E-state index in [9.17, 15) is 24.9 Å². The Hall–Kier alpha value is -1.44. The third kappa shape index (κ3) is 10.4. The summed E-state index contributed by atoms with van der Waals surface area (Å²) in [5.41, 5.74) is -1.30. The molecule has 3 rings (SSSR count). The molecule has 41 heavy (non-hydrogen) atoms. The number of carbonyl (C=O) groups is 2. The van der Waals surface area contributed by atoms with E-state index >= 15 is 0 Å². The summed E-state index contributed by atoms with van der Waals surface area (Å²) in [5, 5.41) is 33.8. The van der Waals surface area contributed by atoms with Crippen molar-refractivity contribution in [1.82, 2.24) is 10.2 Å². The van der Waals surface area contributed by atoms with E-state index in [1.54, 1.807) is 17.4 Å². The Morgan fingerprint density at radius 3 is 2.63 bits per heavy atom. The van der Waals surface area contributed by atoms with E-state index < -0.39 is 47.6 Å². The second kappa shape index (κ2) is 15.9. The lowest BCUT2D eigenvalue weighted by atomic mass is 9.87. The highest BCUT2D eigenvalue weighted by Crippen LogP contribution is 2.31. The lowest BCUT2D eigenvalue weighted by Gasteiger charge is -2.41. The van der Waals surface area contributed by atoms with Crippen LogP contribution in [-0.2, 0) is 20.0 Å². The van der Waals surface area contributed by atoms with Gasteiger partial charge in [0.1, 0.15) is 41.2 Å². The highest BCUT2D eigenvalue weighted by Gasteiger charge is 2.44. The Morgan fingerprint density at radius 1 is 1.22 bits per heavy atom. The molecule has 3 heterocycles. The van der Waals surface area contributed by atoms with Gasteiger partial charge < -0.3 is 34.5 Å². The Morgan fingerprint density at radius 2 is 1.98 bits per heavy atom. The standard InChI is InChI=1S/C29H48N2O8S2/c1-18(14-22-23(32)24(33)25(34)27(38-22)40-5)16-30-26(35)21-15-19(8-7-13-41-17-20-9-6-12-37-20)10-11-31(21)28(36)39-29(2,3)4/h6,9,12,18-19,21-25,27,32-34H,7-8,10-11,13-17H2,1-5H3,(H,30,35). The summed E-state index contributed by atoms with van der Waals surface area (Å²) in [6.45, 7) is 8.15. The van der Waals surface area contributed by atoms with Crippen LogP contribution in [0.3, 0.4) is 0 Å². The van der Waals surface area contributed by atoms with Gasteiger partial charge in [-0.3, -0.25) is 9.69 Å². The number of thioether (sulfide) groups is 2. The normalized spacial score (nSPS) is 29.7. The van der Waals surface area contributed by atoms with Gasteiger partial charge in [-0.1, -0.05) is 6.92 Å². The zero-order chi connectivity index (χ0) is 30.2. The van der Waals surface area contributed by atoms with Gasteiger partial charge in [0.15, 0.2) is 0 Å². The number of nitrogens with one attached hydrogen (secondary N) is 1. The molecule has 0 spiro atoms. The number of piperidine rings is 1. The molecule has 10 nitrogen and oxygen atoms in total. The van der Waals surface area contributed by atoms with E-state index in [-0.39, 0.29) is 11.8 Å². The van der Waals surface area contributed by atoms with Gasteiger partial charge >= 0.3 is 6.09 Å². The van der Waals surface area contributed by atoms with Crippen molar-refractivity contribution in [2.45, 2.75) is 107 Å². The van der Waals surface area contributed by atoms with Crippen LogP contribution in [-0.4, -0.2) is 98.8 Å². The van der Waals surface area contributed by atoms with Gasteiger partial charge in [-0.25, -0.2) is 4.79 Å². The minimum absolute atomic E-state index is 0.0795. The van der Waals surface area contributed by atoms with Crippen LogP contribution in [0.25, 0.3) is 0 Å². The first-order chi connectivity index (χ1) is 19.4. The number of amides is 2. The second-order valence-corrected chi connectivity index (χ2v) is 14.2. The fourth-order valence-electron chi connectivity index (χ4n) is 5.31. The topological polar surface area (TPSA) is 142 Å². The quantitative estimate of drug-likeness (QED) is 0.257.